The van der Waals surface area contributed by atoms with Gasteiger partial charge in [0.15, 0.2) is 0 Å². The van der Waals surface area contributed by atoms with Crippen LogP contribution >= 0.6 is 15.9 Å². The van der Waals surface area contributed by atoms with Crippen molar-refractivity contribution in [3.8, 4) is 0 Å². The van der Waals surface area contributed by atoms with Gasteiger partial charge < -0.3 is 9.64 Å². The topological polar surface area (TPSA) is 29.5 Å². The zero-order chi connectivity index (χ0) is 14.6. The number of rotatable bonds is 3. The average Bonchev–Trinajstić information content (AvgIpc) is 2.25. The number of nitrogens with zero attached hydrogens (tertiary/aromatic N) is 1. The van der Waals surface area contributed by atoms with Crippen LogP contribution in [0.15, 0.2) is 0 Å². The van der Waals surface area contributed by atoms with Crippen LogP contribution in [0.2, 0.25) is 0 Å². The zero-order valence-electron chi connectivity index (χ0n) is 12.9. The van der Waals surface area contributed by atoms with Gasteiger partial charge in [0.1, 0.15) is 5.60 Å². The van der Waals surface area contributed by atoms with E-state index in [9.17, 15) is 4.79 Å². The average molecular weight is 334 g/mol. The van der Waals surface area contributed by atoms with Crippen molar-refractivity contribution in [2.45, 2.75) is 65.5 Å². The molecule has 1 fully saturated rings. The summed E-state index contributed by atoms with van der Waals surface area (Å²) in [5.41, 5.74) is -0.411. The first-order chi connectivity index (χ1) is 8.73. The highest BCUT2D eigenvalue weighted by Crippen LogP contribution is 2.29. The molecular formula is C15H28BrNO2. The Labute approximate surface area is 126 Å². The van der Waals surface area contributed by atoms with Crippen LogP contribution in [-0.2, 0) is 4.74 Å². The van der Waals surface area contributed by atoms with Gasteiger partial charge in [-0.15, -0.1) is 0 Å². The molecule has 2 atom stereocenters. The molecule has 0 saturated carbocycles. The van der Waals surface area contributed by atoms with Gasteiger partial charge in [0, 0.05) is 17.9 Å². The van der Waals surface area contributed by atoms with Crippen molar-refractivity contribution in [2.24, 2.45) is 11.8 Å². The summed E-state index contributed by atoms with van der Waals surface area (Å²) in [6.07, 6.45) is 3.07. The molecule has 0 N–H and O–H groups in total. The van der Waals surface area contributed by atoms with Crippen LogP contribution in [0.5, 0.6) is 0 Å². The van der Waals surface area contributed by atoms with E-state index in [0.717, 1.165) is 31.1 Å². The molecule has 1 aliphatic heterocycles. The smallest absolute Gasteiger partial charge is 0.410 e. The van der Waals surface area contributed by atoms with E-state index in [4.69, 9.17) is 4.74 Å². The highest BCUT2D eigenvalue weighted by Gasteiger charge is 2.33. The summed E-state index contributed by atoms with van der Waals surface area (Å²) in [5.74, 6) is 1.28. The lowest BCUT2D eigenvalue weighted by Gasteiger charge is -2.40. The van der Waals surface area contributed by atoms with Crippen molar-refractivity contribution in [1.82, 2.24) is 4.90 Å². The van der Waals surface area contributed by atoms with Crippen molar-refractivity contribution in [1.29, 1.82) is 0 Å². The number of piperidine rings is 1. The molecule has 2 unspecified atom stereocenters. The molecule has 0 aromatic heterocycles. The van der Waals surface area contributed by atoms with Crippen LogP contribution in [0.1, 0.15) is 53.9 Å². The molecule has 0 radical (unpaired) electrons. The van der Waals surface area contributed by atoms with Gasteiger partial charge in [-0.2, -0.15) is 0 Å². The fourth-order valence-electron chi connectivity index (χ4n) is 2.60. The van der Waals surface area contributed by atoms with E-state index < -0.39 is 5.60 Å². The van der Waals surface area contributed by atoms with Crippen LogP contribution < -0.4 is 0 Å². The maximum atomic E-state index is 12.3. The van der Waals surface area contributed by atoms with Crippen molar-refractivity contribution in [2.75, 3.05) is 11.9 Å². The van der Waals surface area contributed by atoms with E-state index in [2.05, 4.69) is 29.8 Å². The summed E-state index contributed by atoms with van der Waals surface area (Å²) in [4.78, 5) is 14.2. The Kier molecular flexibility index (Phi) is 6.15. The van der Waals surface area contributed by atoms with Crippen molar-refractivity contribution in [3.63, 3.8) is 0 Å². The van der Waals surface area contributed by atoms with Crippen LogP contribution in [0.25, 0.3) is 0 Å². The minimum absolute atomic E-state index is 0.147. The molecule has 19 heavy (non-hydrogen) atoms. The Bertz CT molecular complexity index is 299. The lowest BCUT2D eigenvalue weighted by Crippen LogP contribution is -2.48. The summed E-state index contributed by atoms with van der Waals surface area (Å²) >= 11 is 3.58. The second kappa shape index (κ2) is 6.96. The third kappa shape index (κ3) is 5.72. The number of amides is 1. The molecule has 0 aliphatic carbocycles. The van der Waals surface area contributed by atoms with Gasteiger partial charge in [0.05, 0.1) is 0 Å². The van der Waals surface area contributed by atoms with E-state index in [1.165, 1.54) is 0 Å². The van der Waals surface area contributed by atoms with Gasteiger partial charge in [-0.1, -0.05) is 29.8 Å². The number of alkyl halides is 1. The highest BCUT2D eigenvalue weighted by molar-refractivity contribution is 9.09. The van der Waals surface area contributed by atoms with Crippen molar-refractivity contribution in [3.05, 3.63) is 0 Å². The third-order valence-corrected chi connectivity index (χ3v) is 4.33. The molecule has 1 amide bonds. The molecule has 1 aliphatic rings. The number of hydrogen-bond acceptors (Lipinski definition) is 2. The van der Waals surface area contributed by atoms with Crippen LogP contribution in [-0.4, -0.2) is 34.5 Å². The number of carbonyl (C=O) groups excluding carboxylic acids is 1. The summed E-state index contributed by atoms with van der Waals surface area (Å²) in [5, 5.41) is 1.03. The van der Waals surface area contributed by atoms with Gasteiger partial charge in [0.2, 0.25) is 0 Å². The maximum Gasteiger partial charge on any atom is 0.410 e. The number of halogens is 1. The second-order valence-corrected chi connectivity index (χ2v) is 7.65. The predicted octanol–water partition coefficient (Wildman–Crippen LogP) is 4.44. The number of hydrogen-bond donors (Lipinski definition) is 0. The number of ether oxygens (including phenoxy) is 1. The van der Waals surface area contributed by atoms with Gasteiger partial charge in [-0.05, 0) is 51.9 Å². The van der Waals surface area contributed by atoms with Gasteiger partial charge in [-0.3, -0.25) is 0 Å². The Morgan fingerprint density at radius 2 is 2.05 bits per heavy atom. The first-order valence-electron chi connectivity index (χ1n) is 7.28. The predicted molar refractivity (Wildman–Crippen MR) is 82.7 cm³/mol. The normalized spacial score (nSPS) is 24.7. The van der Waals surface area contributed by atoms with Gasteiger partial charge in [-0.25, -0.2) is 4.79 Å². The molecule has 0 aromatic carbocycles. The van der Waals surface area contributed by atoms with E-state index in [0.29, 0.717) is 17.9 Å². The zero-order valence-corrected chi connectivity index (χ0v) is 14.5. The lowest BCUT2D eigenvalue weighted by atomic mass is 9.88. The standard InChI is InChI=1S/C15H28BrNO2/c1-11(2)8-13-9-12(10-16)6-7-17(13)14(18)19-15(3,4)5/h11-13H,6-10H2,1-5H3. The second-order valence-electron chi connectivity index (χ2n) is 7.00. The Balaban J connectivity index is 2.70. The molecule has 1 heterocycles. The quantitative estimate of drug-likeness (QED) is 0.714. The van der Waals surface area contributed by atoms with Crippen LogP contribution in [0, 0.1) is 11.8 Å². The van der Waals surface area contributed by atoms with E-state index >= 15 is 0 Å². The minimum atomic E-state index is -0.411. The molecule has 0 bridgehead atoms. The summed E-state index contributed by atoms with van der Waals surface area (Å²) in [6.45, 7) is 11.0. The largest absolute Gasteiger partial charge is 0.444 e. The molecule has 3 nitrogen and oxygen atoms in total. The van der Waals surface area contributed by atoms with Gasteiger partial charge >= 0.3 is 6.09 Å². The van der Waals surface area contributed by atoms with E-state index in [-0.39, 0.29) is 6.09 Å². The molecule has 112 valence electrons. The molecule has 0 spiro atoms. The summed E-state index contributed by atoms with van der Waals surface area (Å²) in [6, 6.07) is 0.325. The first kappa shape index (κ1) is 16.8. The highest BCUT2D eigenvalue weighted by atomic mass is 79.9. The summed E-state index contributed by atoms with van der Waals surface area (Å²) in [7, 11) is 0. The Morgan fingerprint density at radius 1 is 1.42 bits per heavy atom. The molecular weight excluding hydrogens is 306 g/mol. The summed E-state index contributed by atoms with van der Waals surface area (Å²) < 4.78 is 5.53. The van der Waals surface area contributed by atoms with Crippen molar-refractivity contribution >= 4 is 22.0 Å². The van der Waals surface area contributed by atoms with Crippen LogP contribution in [0.4, 0.5) is 4.79 Å². The molecule has 0 aromatic rings. The monoisotopic (exact) mass is 333 g/mol. The van der Waals surface area contributed by atoms with Gasteiger partial charge in [0.25, 0.3) is 0 Å². The fraction of sp³-hybridized carbons (Fsp3) is 0.933. The fourth-order valence-corrected chi connectivity index (χ4v) is 3.19. The van der Waals surface area contributed by atoms with Crippen LogP contribution in [0.3, 0.4) is 0 Å². The lowest BCUT2D eigenvalue weighted by molar-refractivity contribution is 0.00310. The number of likely N-dealkylation sites (tertiary alicyclic amines) is 1. The SMILES string of the molecule is CC(C)CC1CC(CBr)CCN1C(=O)OC(C)(C)C. The molecule has 4 heteroatoms. The van der Waals surface area contributed by atoms with Crippen molar-refractivity contribution < 1.29 is 9.53 Å². The number of carbonyl (C=O) groups is 1. The Morgan fingerprint density at radius 3 is 2.53 bits per heavy atom. The first-order valence-corrected chi connectivity index (χ1v) is 8.40. The van der Waals surface area contributed by atoms with E-state index in [1.54, 1.807) is 0 Å². The maximum absolute atomic E-state index is 12.3. The molecule has 1 saturated heterocycles. The van der Waals surface area contributed by atoms with E-state index in [1.807, 2.05) is 25.7 Å². The Hall–Kier alpha value is -0.250. The minimum Gasteiger partial charge on any atom is -0.444 e. The third-order valence-electron chi connectivity index (χ3n) is 3.41. The molecule has 1 rings (SSSR count).